The molecule has 1 fully saturated rings. The van der Waals surface area contributed by atoms with Crippen molar-refractivity contribution in [2.75, 3.05) is 34.3 Å². The van der Waals surface area contributed by atoms with E-state index in [0.717, 1.165) is 16.2 Å². The van der Waals surface area contributed by atoms with Crippen LogP contribution in [0.4, 0.5) is 4.79 Å². The Kier molecular flexibility index (Phi) is 5.29. The maximum atomic E-state index is 12.4. The van der Waals surface area contributed by atoms with Gasteiger partial charge in [-0.15, -0.1) is 0 Å². The Morgan fingerprint density at radius 1 is 1.30 bits per heavy atom. The number of hydrogen-bond donors (Lipinski definition) is 1. The van der Waals surface area contributed by atoms with Gasteiger partial charge in [-0.1, -0.05) is 12.1 Å². The Balaban J connectivity index is 1.53. The van der Waals surface area contributed by atoms with Crippen LogP contribution in [-0.2, 0) is 16.0 Å². The summed E-state index contributed by atoms with van der Waals surface area (Å²) < 4.78 is 5.18. The molecule has 1 aromatic rings. The lowest BCUT2D eigenvalue weighted by Gasteiger charge is -2.39. The number of amides is 4. The van der Waals surface area contributed by atoms with Crippen LogP contribution in [-0.4, -0.2) is 85.4 Å². The molecule has 9 nitrogen and oxygen atoms in total. The number of hydrogen-bond acceptors (Lipinski definition) is 6. The minimum absolute atomic E-state index is 0.00435. The van der Waals surface area contributed by atoms with Crippen molar-refractivity contribution >= 4 is 24.2 Å². The highest BCUT2D eigenvalue weighted by Crippen LogP contribution is 2.24. The number of methoxy groups -OCH3 is 1. The first kappa shape index (κ1) is 18.7. The van der Waals surface area contributed by atoms with Crippen molar-refractivity contribution in [2.24, 2.45) is 4.99 Å². The van der Waals surface area contributed by atoms with Crippen molar-refractivity contribution in [2.45, 2.75) is 18.6 Å². The zero-order valence-electron chi connectivity index (χ0n) is 15.6. The van der Waals surface area contributed by atoms with Gasteiger partial charge < -0.3 is 19.9 Å². The normalized spacial score (nSPS) is 21.5. The van der Waals surface area contributed by atoms with Crippen LogP contribution in [0.15, 0.2) is 29.3 Å². The smallest absolute Gasteiger partial charge is 0.328 e. The number of imide groups is 1. The van der Waals surface area contributed by atoms with Crippen molar-refractivity contribution in [3.63, 3.8) is 0 Å². The Labute approximate surface area is 157 Å². The Morgan fingerprint density at radius 3 is 2.81 bits per heavy atom. The molecule has 3 rings (SSSR count). The molecule has 0 aromatic heterocycles. The maximum Gasteiger partial charge on any atom is 0.328 e. The fourth-order valence-electron chi connectivity index (χ4n) is 3.24. The van der Waals surface area contributed by atoms with E-state index in [9.17, 15) is 14.4 Å². The monoisotopic (exact) mass is 373 g/mol. The van der Waals surface area contributed by atoms with Crippen LogP contribution in [0, 0.1) is 0 Å². The van der Waals surface area contributed by atoms with E-state index >= 15 is 0 Å². The summed E-state index contributed by atoms with van der Waals surface area (Å²) in [6.07, 6.45) is 1.55. The van der Waals surface area contributed by atoms with E-state index in [-0.39, 0.29) is 18.4 Å². The molecule has 2 unspecified atom stereocenters. The summed E-state index contributed by atoms with van der Waals surface area (Å²) in [7, 11) is 4.64. The van der Waals surface area contributed by atoms with Gasteiger partial charge >= 0.3 is 6.03 Å². The first-order valence-electron chi connectivity index (χ1n) is 8.65. The number of carbonyl (C=O) groups is 3. The number of ether oxygens (including phenoxy) is 1. The van der Waals surface area contributed by atoms with Gasteiger partial charge in [-0.25, -0.2) is 9.79 Å². The van der Waals surface area contributed by atoms with Gasteiger partial charge in [0.2, 0.25) is 5.91 Å². The highest BCUT2D eigenvalue weighted by molar-refractivity contribution is 6.02. The molecule has 4 amide bonds. The van der Waals surface area contributed by atoms with Gasteiger partial charge in [-0.2, -0.15) is 0 Å². The number of aliphatic imine (C=N–C) groups is 1. The molecular formula is C18H23N5O4. The minimum atomic E-state index is -0.665. The maximum absolute atomic E-state index is 12.4. The quantitative estimate of drug-likeness (QED) is 0.752. The Bertz CT molecular complexity index is 781. The van der Waals surface area contributed by atoms with E-state index in [1.165, 1.54) is 18.3 Å². The molecule has 1 N–H and O–H groups in total. The van der Waals surface area contributed by atoms with Gasteiger partial charge in [-0.05, 0) is 24.1 Å². The summed E-state index contributed by atoms with van der Waals surface area (Å²) in [6.45, 7) is 0.474. The van der Waals surface area contributed by atoms with E-state index in [1.54, 1.807) is 19.1 Å². The molecule has 0 spiro atoms. The van der Waals surface area contributed by atoms with E-state index in [2.05, 4.69) is 10.3 Å². The molecule has 9 heteroatoms. The predicted molar refractivity (Wildman–Crippen MR) is 98.4 cm³/mol. The van der Waals surface area contributed by atoms with Crippen molar-refractivity contribution in [1.82, 2.24) is 20.0 Å². The van der Waals surface area contributed by atoms with E-state index < -0.39 is 18.2 Å². The molecule has 1 saturated heterocycles. The van der Waals surface area contributed by atoms with Crippen molar-refractivity contribution in [3.8, 4) is 5.75 Å². The number of nitrogens with zero attached hydrogens (tertiary/aromatic N) is 4. The van der Waals surface area contributed by atoms with Crippen molar-refractivity contribution in [1.29, 1.82) is 0 Å². The molecule has 2 heterocycles. The van der Waals surface area contributed by atoms with Gasteiger partial charge in [0.25, 0.3) is 5.91 Å². The summed E-state index contributed by atoms with van der Waals surface area (Å²) in [5.74, 6) is 0.210. The highest BCUT2D eigenvalue weighted by Gasteiger charge is 2.48. The van der Waals surface area contributed by atoms with Crippen molar-refractivity contribution in [3.05, 3.63) is 29.8 Å². The second kappa shape index (κ2) is 7.65. The molecule has 0 bridgehead atoms. The Hall–Kier alpha value is -3.10. The lowest BCUT2D eigenvalue weighted by molar-refractivity contribution is -0.136. The van der Waals surface area contributed by atoms with Gasteiger partial charge in [0.1, 0.15) is 5.75 Å². The Morgan fingerprint density at radius 2 is 2.07 bits per heavy atom. The third-order valence-corrected chi connectivity index (χ3v) is 4.77. The van der Waals surface area contributed by atoms with Crippen LogP contribution < -0.4 is 10.1 Å². The summed E-state index contributed by atoms with van der Waals surface area (Å²) in [6, 6.07) is 6.60. The number of likely N-dealkylation sites (N-methyl/N-ethyl adjacent to an activating group) is 2. The molecule has 2 aliphatic heterocycles. The topological polar surface area (TPSA) is 94.5 Å². The number of rotatable bonds is 6. The van der Waals surface area contributed by atoms with E-state index in [1.807, 2.05) is 24.3 Å². The number of benzene rings is 1. The fourth-order valence-corrected chi connectivity index (χ4v) is 3.24. The van der Waals surface area contributed by atoms with Gasteiger partial charge in [0, 0.05) is 20.6 Å². The lowest BCUT2D eigenvalue weighted by atomic mass is 10.1. The molecule has 0 aliphatic carbocycles. The molecule has 1 aromatic carbocycles. The second-order valence-corrected chi connectivity index (χ2v) is 6.54. The van der Waals surface area contributed by atoms with Crippen molar-refractivity contribution < 1.29 is 19.1 Å². The van der Waals surface area contributed by atoms with Crippen LogP contribution in [0.1, 0.15) is 5.56 Å². The lowest BCUT2D eigenvalue weighted by Crippen LogP contribution is -2.64. The third kappa shape index (κ3) is 3.71. The summed E-state index contributed by atoms with van der Waals surface area (Å²) in [5, 5.41) is 2.85. The molecule has 2 atom stereocenters. The molecule has 144 valence electrons. The van der Waals surface area contributed by atoms with E-state index in [4.69, 9.17) is 4.74 Å². The average Bonchev–Trinajstić information content (AvgIpc) is 3.08. The van der Waals surface area contributed by atoms with E-state index in [0.29, 0.717) is 13.0 Å². The molecular weight excluding hydrogens is 350 g/mol. The van der Waals surface area contributed by atoms with Crippen LogP contribution in [0.5, 0.6) is 5.75 Å². The second-order valence-electron chi connectivity index (χ2n) is 6.54. The number of nitrogens with one attached hydrogen (secondary N) is 1. The van der Waals surface area contributed by atoms with Gasteiger partial charge in [-0.3, -0.25) is 14.5 Å². The standard InChI is InChI=1S/C18H23N5O4/c1-21-16-15(17(25)22(2)18(21)26)23(11-20-16)10-14(24)19-8-7-12-5-4-6-13(9-12)27-3/h4-6,9,11,15-16H,7-8,10H2,1-3H3,(H,19,24). The van der Waals surface area contributed by atoms with Crippen LogP contribution >= 0.6 is 0 Å². The molecule has 2 aliphatic rings. The molecule has 0 saturated carbocycles. The predicted octanol–water partition coefficient (Wildman–Crippen LogP) is -0.0837. The zero-order chi connectivity index (χ0) is 19.6. The number of carbonyl (C=O) groups excluding carboxylic acids is 3. The fraction of sp³-hybridized carbons (Fsp3) is 0.444. The zero-order valence-corrected chi connectivity index (χ0v) is 15.6. The first-order chi connectivity index (χ1) is 12.9. The summed E-state index contributed by atoms with van der Waals surface area (Å²) >= 11 is 0. The van der Waals surface area contributed by atoms with Crippen LogP contribution in [0.3, 0.4) is 0 Å². The molecule has 0 radical (unpaired) electrons. The SMILES string of the molecule is COc1cccc(CCNC(=O)CN2C=NC3C2C(=O)N(C)C(=O)N3C)c1. The van der Waals surface area contributed by atoms with Crippen LogP contribution in [0.2, 0.25) is 0 Å². The molecule has 27 heavy (non-hydrogen) atoms. The number of urea groups is 1. The first-order valence-corrected chi connectivity index (χ1v) is 8.65. The third-order valence-electron chi connectivity index (χ3n) is 4.77. The minimum Gasteiger partial charge on any atom is -0.497 e. The average molecular weight is 373 g/mol. The van der Waals surface area contributed by atoms with Crippen LogP contribution in [0.25, 0.3) is 0 Å². The van der Waals surface area contributed by atoms with Gasteiger partial charge in [0.15, 0.2) is 12.2 Å². The highest BCUT2D eigenvalue weighted by atomic mass is 16.5. The summed E-state index contributed by atoms with van der Waals surface area (Å²) in [4.78, 5) is 44.9. The largest absolute Gasteiger partial charge is 0.497 e. The number of fused-ring (bicyclic) bond motifs is 1. The van der Waals surface area contributed by atoms with Gasteiger partial charge in [0.05, 0.1) is 20.0 Å². The summed E-state index contributed by atoms with van der Waals surface area (Å²) in [5.41, 5.74) is 1.06.